The number of hydrogen-bond donors (Lipinski definition) is 1. The van der Waals surface area contributed by atoms with Crippen LogP contribution in [0, 0.1) is 6.92 Å². The van der Waals surface area contributed by atoms with E-state index >= 15 is 0 Å². The third-order valence-corrected chi connectivity index (χ3v) is 5.01. The van der Waals surface area contributed by atoms with Gasteiger partial charge in [-0.3, -0.25) is 0 Å². The fraction of sp³-hybridized carbons (Fsp3) is 0.143. The fourth-order valence-electron chi connectivity index (χ4n) is 1.76. The molecule has 82 valence electrons. The molecule has 2 rings (SSSR count). The van der Waals surface area contributed by atoms with Gasteiger partial charge in [-0.25, -0.2) is 0 Å². The molecule has 0 saturated heterocycles. The van der Waals surface area contributed by atoms with Crippen molar-refractivity contribution in [2.75, 3.05) is 6.66 Å². The molecule has 2 aromatic carbocycles. The van der Waals surface area contributed by atoms with Gasteiger partial charge < -0.3 is 5.11 Å². The minimum absolute atomic E-state index is 0.315. The average molecular weight is 230 g/mol. The summed E-state index contributed by atoms with van der Waals surface area (Å²) in [7, 11) is -0.315. The predicted molar refractivity (Wildman–Crippen MR) is 71.4 cm³/mol. The summed E-state index contributed by atoms with van der Waals surface area (Å²) in [5.74, 6) is 0.330. The van der Waals surface area contributed by atoms with E-state index in [1.807, 2.05) is 12.1 Å². The van der Waals surface area contributed by atoms with Crippen LogP contribution in [0.4, 0.5) is 0 Å². The molecular weight excluding hydrogens is 215 g/mol. The summed E-state index contributed by atoms with van der Waals surface area (Å²) < 4.78 is 0. The van der Waals surface area contributed by atoms with Gasteiger partial charge in [0.2, 0.25) is 0 Å². The molecule has 0 amide bonds. The maximum Gasteiger partial charge on any atom is 0.115 e. The number of benzene rings is 2. The van der Waals surface area contributed by atoms with E-state index in [4.69, 9.17) is 0 Å². The second-order valence-corrected chi connectivity index (χ2v) is 5.98. The smallest absolute Gasteiger partial charge is 0.115 e. The van der Waals surface area contributed by atoms with Crippen molar-refractivity contribution in [3.05, 3.63) is 54.1 Å². The minimum atomic E-state index is -0.315. The maximum absolute atomic E-state index is 9.27. The van der Waals surface area contributed by atoms with Crippen molar-refractivity contribution in [3.8, 4) is 5.75 Å². The van der Waals surface area contributed by atoms with Crippen LogP contribution in [0.5, 0.6) is 5.75 Å². The third-order valence-electron chi connectivity index (χ3n) is 2.71. The summed E-state index contributed by atoms with van der Waals surface area (Å²) in [4.78, 5) is 0. The molecule has 0 spiro atoms. The van der Waals surface area contributed by atoms with Crippen LogP contribution in [0.3, 0.4) is 0 Å². The Balaban J connectivity index is 2.35. The molecule has 0 aromatic heterocycles. The SMILES string of the molecule is Cc1ccccc1P(C)c1ccc(O)cc1. The lowest BCUT2D eigenvalue weighted by Crippen LogP contribution is -2.12. The van der Waals surface area contributed by atoms with Gasteiger partial charge in [-0.1, -0.05) is 36.4 Å². The molecule has 0 heterocycles. The zero-order valence-electron chi connectivity index (χ0n) is 9.51. The number of hydrogen-bond acceptors (Lipinski definition) is 1. The number of rotatable bonds is 2. The van der Waals surface area contributed by atoms with Gasteiger partial charge in [-0.15, -0.1) is 0 Å². The van der Waals surface area contributed by atoms with E-state index in [9.17, 15) is 5.11 Å². The lowest BCUT2D eigenvalue weighted by Gasteiger charge is -2.15. The van der Waals surface area contributed by atoms with Gasteiger partial charge in [-0.2, -0.15) is 0 Å². The highest BCUT2D eigenvalue weighted by atomic mass is 31.1. The summed E-state index contributed by atoms with van der Waals surface area (Å²) in [6.07, 6.45) is 0. The summed E-state index contributed by atoms with van der Waals surface area (Å²) in [6, 6.07) is 16.0. The van der Waals surface area contributed by atoms with Gasteiger partial charge in [0, 0.05) is 0 Å². The number of phenolic OH excluding ortho intramolecular Hbond substituents is 1. The van der Waals surface area contributed by atoms with Crippen LogP contribution in [-0.4, -0.2) is 11.8 Å². The summed E-state index contributed by atoms with van der Waals surface area (Å²) in [5, 5.41) is 12.0. The molecule has 0 bridgehead atoms. The molecule has 2 heteroatoms. The molecular formula is C14H15OP. The Morgan fingerprint density at radius 1 is 0.938 bits per heavy atom. The first-order chi connectivity index (χ1) is 7.68. The quantitative estimate of drug-likeness (QED) is 0.786. The van der Waals surface area contributed by atoms with E-state index in [1.54, 1.807) is 12.1 Å². The summed E-state index contributed by atoms with van der Waals surface area (Å²) in [6.45, 7) is 4.40. The standard InChI is InChI=1S/C14H15OP/c1-11-5-3-4-6-14(11)16(2)13-9-7-12(15)8-10-13/h3-10,15H,1-2H3. The Morgan fingerprint density at radius 3 is 2.19 bits per heavy atom. The van der Waals surface area contributed by atoms with Gasteiger partial charge in [0.05, 0.1) is 0 Å². The van der Waals surface area contributed by atoms with Crippen LogP contribution in [0.2, 0.25) is 0 Å². The Labute approximate surface area is 97.5 Å². The van der Waals surface area contributed by atoms with Crippen molar-refractivity contribution < 1.29 is 5.11 Å². The summed E-state index contributed by atoms with van der Waals surface area (Å²) in [5.41, 5.74) is 1.34. The van der Waals surface area contributed by atoms with E-state index in [0.29, 0.717) is 5.75 Å². The van der Waals surface area contributed by atoms with Crippen LogP contribution in [-0.2, 0) is 0 Å². The van der Waals surface area contributed by atoms with Crippen LogP contribution < -0.4 is 10.6 Å². The third kappa shape index (κ3) is 2.25. The highest BCUT2D eigenvalue weighted by Crippen LogP contribution is 2.30. The van der Waals surface area contributed by atoms with Crippen molar-refractivity contribution in [1.82, 2.24) is 0 Å². The van der Waals surface area contributed by atoms with E-state index < -0.39 is 0 Å². The van der Waals surface area contributed by atoms with Crippen LogP contribution in [0.25, 0.3) is 0 Å². The molecule has 0 radical (unpaired) electrons. The van der Waals surface area contributed by atoms with E-state index in [-0.39, 0.29) is 7.92 Å². The predicted octanol–water partition coefficient (Wildman–Crippen LogP) is 2.76. The van der Waals surface area contributed by atoms with Crippen molar-refractivity contribution >= 4 is 18.5 Å². The number of aryl methyl sites for hydroxylation is 1. The molecule has 16 heavy (non-hydrogen) atoms. The molecule has 0 saturated carbocycles. The largest absolute Gasteiger partial charge is 0.508 e. The molecule has 1 nitrogen and oxygen atoms in total. The first-order valence-electron chi connectivity index (χ1n) is 5.27. The van der Waals surface area contributed by atoms with E-state index in [2.05, 4.69) is 37.9 Å². The Morgan fingerprint density at radius 2 is 1.56 bits per heavy atom. The first-order valence-corrected chi connectivity index (χ1v) is 7.06. The fourth-order valence-corrected chi connectivity index (χ4v) is 3.54. The number of aromatic hydroxyl groups is 1. The van der Waals surface area contributed by atoms with Gasteiger partial charge in [0.1, 0.15) is 5.75 Å². The van der Waals surface area contributed by atoms with Gasteiger partial charge in [0.25, 0.3) is 0 Å². The van der Waals surface area contributed by atoms with Crippen LogP contribution in [0.1, 0.15) is 5.56 Å². The van der Waals surface area contributed by atoms with Gasteiger partial charge in [0.15, 0.2) is 0 Å². The van der Waals surface area contributed by atoms with Crippen molar-refractivity contribution in [1.29, 1.82) is 0 Å². The Hall–Kier alpha value is -1.33. The minimum Gasteiger partial charge on any atom is -0.508 e. The van der Waals surface area contributed by atoms with Crippen molar-refractivity contribution in [2.24, 2.45) is 0 Å². The second kappa shape index (κ2) is 4.67. The monoisotopic (exact) mass is 230 g/mol. The summed E-state index contributed by atoms with van der Waals surface area (Å²) >= 11 is 0. The van der Waals surface area contributed by atoms with E-state index in [0.717, 1.165) is 0 Å². The van der Waals surface area contributed by atoms with Crippen molar-refractivity contribution in [3.63, 3.8) is 0 Å². The highest BCUT2D eigenvalue weighted by Gasteiger charge is 2.09. The lowest BCUT2D eigenvalue weighted by atomic mass is 10.2. The molecule has 0 aliphatic carbocycles. The van der Waals surface area contributed by atoms with Gasteiger partial charge in [-0.05, 0) is 49.8 Å². The Kier molecular flexibility index (Phi) is 3.26. The first kappa shape index (κ1) is 11.2. The van der Waals surface area contributed by atoms with Crippen LogP contribution in [0.15, 0.2) is 48.5 Å². The van der Waals surface area contributed by atoms with Crippen molar-refractivity contribution in [2.45, 2.75) is 6.92 Å². The van der Waals surface area contributed by atoms with E-state index in [1.165, 1.54) is 16.2 Å². The normalized spacial score (nSPS) is 12.4. The topological polar surface area (TPSA) is 20.2 Å². The molecule has 0 aliphatic heterocycles. The highest BCUT2D eigenvalue weighted by molar-refractivity contribution is 7.72. The molecule has 1 atom stereocenters. The zero-order valence-corrected chi connectivity index (χ0v) is 10.4. The molecule has 1 N–H and O–H groups in total. The number of phenols is 1. The molecule has 0 fully saturated rings. The molecule has 0 aliphatic rings. The average Bonchev–Trinajstić information content (AvgIpc) is 2.30. The zero-order chi connectivity index (χ0) is 11.5. The van der Waals surface area contributed by atoms with Gasteiger partial charge >= 0.3 is 0 Å². The molecule has 2 aromatic rings. The Bertz CT molecular complexity index is 476. The lowest BCUT2D eigenvalue weighted by molar-refractivity contribution is 0.475. The second-order valence-electron chi connectivity index (χ2n) is 3.86. The maximum atomic E-state index is 9.27. The molecule has 1 unspecified atom stereocenters. The van der Waals surface area contributed by atoms with Crippen LogP contribution >= 0.6 is 7.92 Å².